The number of benzene rings is 1. The molecular formula is C17H21FN2O3S2. The van der Waals surface area contributed by atoms with E-state index in [9.17, 15) is 17.6 Å². The van der Waals surface area contributed by atoms with Crippen LogP contribution in [0.3, 0.4) is 0 Å². The van der Waals surface area contributed by atoms with Crippen molar-refractivity contribution in [1.82, 2.24) is 4.90 Å². The Morgan fingerprint density at radius 1 is 1.32 bits per heavy atom. The standard InChI is InChI=1S/C17H21FN2O3S2/c1-2-3-16(21)19-17-20(9-8-12-4-6-13(18)7-5-12)14-10-25(22,23)11-15(14)24-17/h4-7,14-15H,2-3,8-11H2,1H3. The van der Waals surface area contributed by atoms with Crippen LogP contribution in [-0.4, -0.2) is 53.7 Å². The summed E-state index contributed by atoms with van der Waals surface area (Å²) < 4.78 is 36.9. The van der Waals surface area contributed by atoms with E-state index in [1.165, 1.54) is 23.9 Å². The Hall–Kier alpha value is -1.41. The van der Waals surface area contributed by atoms with Crippen molar-refractivity contribution in [3.05, 3.63) is 35.6 Å². The predicted molar refractivity (Wildman–Crippen MR) is 98.0 cm³/mol. The zero-order chi connectivity index (χ0) is 18.0. The lowest BCUT2D eigenvalue weighted by Gasteiger charge is -2.24. The van der Waals surface area contributed by atoms with Gasteiger partial charge in [0, 0.05) is 18.2 Å². The molecule has 2 atom stereocenters. The number of aliphatic imine (C=N–C) groups is 1. The van der Waals surface area contributed by atoms with Crippen LogP contribution in [-0.2, 0) is 21.1 Å². The third-order valence-corrected chi connectivity index (χ3v) is 7.66. The van der Waals surface area contributed by atoms with Crippen molar-refractivity contribution in [2.45, 2.75) is 37.5 Å². The number of nitrogens with zero attached hydrogens (tertiary/aromatic N) is 2. The van der Waals surface area contributed by atoms with Gasteiger partial charge in [-0.25, -0.2) is 12.8 Å². The monoisotopic (exact) mass is 384 g/mol. The third-order valence-electron chi connectivity index (χ3n) is 4.41. The molecule has 1 aromatic rings. The second kappa shape index (κ2) is 7.45. The molecule has 1 amide bonds. The first-order chi connectivity index (χ1) is 11.9. The molecule has 2 aliphatic heterocycles. The van der Waals surface area contributed by atoms with E-state index in [0.29, 0.717) is 24.6 Å². The highest BCUT2D eigenvalue weighted by atomic mass is 32.2. The minimum Gasteiger partial charge on any atom is -0.346 e. The lowest BCUT2D eigenvalue weighted by Crippen LogP contribution is -2.39. The summed E-state index contributed by atoms with van der Waals surface area (Å²) in [5.41, 5.74) is 0.968. The first-order valence-corrected chi connectivity index (χ1v) is 11.1. The Kier molecular flexibility index (Phi) is 5.48. The number of hydrogen-bond donors (Lipinski definition) is 0. The van der Waals surface area contributed by atoms with E-state index in [4.69, 9.17) is 0 Å². The van der Waals surface area contributed by atoms with E-state index in [1.807, 2.05) is 11.8 Å². The zero-order valence-electron chi connectivity index (χ0n) is 14.0. The molecule has 5 nitrogen and oxygen atoms in total. The van der Waals surface area contributed by atoms with Gasteiger partial charge in [0.15, 0.2) is 15.0 Å². The smallest absolute Gasteiger partial charge is 0.248 e. The summed E-state index contributed by atoms with van der Waals surface area (Å²) >= 11 is 1.40. The zero-order valence-corrected chi connectivity index (χ0v) is 15.7. The molecule has 8 heteroatoms. The van der Waals surface area contributed by atoms with Gasteiger partial charge in [-0.2, -0.15) is 4.99 Å². The molecule has 0 spiro atoms. The van der Waals surface area contributed by atoms with Crippen molar-refractivity contribution in [1.29, 1.82) is 0 Å². The number of sulfone groups is 1. The number of amidine groups is 1. The number of fused-ring (bicyclic) bond motifs is 1. The number of amides is 1. The van der Waals surface area contributed by atoms with Gasteiger partial charge in [0.25, 0.3) is 0 Å². The van der Waals surface area contributed by atoms with Crippen LogP contribution < -0.4 is 0 Å². The van der Waals surface area contributed by atoms with Gasteiger partial charge in [0.05, 0.1) is 17.5 Å². The summed E-state index contributed by atoms with van der Waals surface area (Å²) in [6, 6.07) is 6.14. The molecule has 2 heterocycles. The summed E-state index contributed by atoms with van der Waals surface area (Å²) in [5.74, 6) is -0.208. The molecule has 25 heavy (non-hydrogen) atoms. The molecule has 2 fully saturated rings. The number of halogens is 1. The molecule has 2 aliphatic rings. The van der Waals surface area contributed by atoms with Crippen molar-refractivity contribution < 1.29 is 17.6 Å². The van der Waals surface area contributed by atoms with Crippen LogP contribution in [0.25, 0.3) is 0 Å². The lowest BCUT2D eigenvalue weighted by atomic mass is 10.1. The molecular weight excluding hydrogens is 363 g/mol. The van der Waals surface area contributed by atoms with Crippen LogP contribution in [0.2, 0.25) is 0 Å². The van der Waals surface area contributed by atoms with Gasteiger partial charge in [0.1, 0.15) is 5.82 Å². The van der Waals surface area contributed by atoms with Crippen molar-refractivity contribution in [3.8, 4) is 0 Å². The summed E-state index contributed by atoms with van der Waals surface area (Å²) in [6.07, 6.45) is 1.77. The molecule has 0 aliphatic carbocycles. The maximum absolute atomic E-state index is 13.0. The van der Waals surface area contributed by atoms with Gasteiger partial charge in [-0.05, 0) is 30.5 Å². The van der Waals surface area contributed by atoms with E-state index < -0.39 is 9.84 Å². The van der Waals surface area contributed by atoms with E-state index in [1.54, 1.807) is 12.1 Å². The fourth-order valence-electron chi connectivity index (χ4n) is 3.17. The Bertz CT molecular complexity index is 778. The van der Waals surface area contributed by atoms with Gasteiger partial charge in [0.2, 0.25) is 5.91 Å². The number of rotatable bonds is 5. The first-order valence-electron chi connectivity index (χ1n) is 8.37. The van der Waals surface area contributed by atoms with Gasteiger partial charge in [-0.3, -0.25) is 4.79 Å². The van der Waals surface area contributed by atoms with Gasteiger partial charge >= 0.3 is 0 Å². The highest BCUT2D eigenvalue weighted by Gasteiger charge is 2.48. The number of hydrogen-bond acceptors (Lipinski definition) is 4. The van der Waals surface area contributed by atoms with Crippen molar-refractivity contribution >= 4 is 32.7 Å². The van der Waals surface area contributed by atoms with E-state index >= 15 is 0 Å². The fourth-order valence-corrected chi connectivity index (χ4v) is 7.17. The topological polar surface area (TPSA) is 66.8 Å². The first kappa shape index (κ1) is 18.4. The third kappa shape index (κ3) is 4.41. The molecule has 0 N–H and O–H groups in total. The van der Waals surface area contributed by atoms with Crippen molar-refractivity contribution in [2.75, 3.05) is 18.1 Å². The van der Waals surface area contributed by atoms with Crippen LogP contribution in [0.15, 0.2) is 29.3 Å². The average Bonchev–Trinajstić information content (AvgIpc) is 2.98. The Morgan fingerprint density at radius 2 is 2.04 bits per heavy atom. The average molecular weight is 384 g/mol. The van der Waals surface area contributed by atoms with Crippen LogP contribution in [0, 0.1) is 5.82 Å². The van der Waals surface area contributed by atoms with Gasteiger partial charge in [-0.15, -0.1) is 0 Å². The molecule has 0 bridgehead atoms. The van der Waals surface area contributed by atoms with Crippen LogP contribution >= 0.6 is 11.8 Å². The van der Waals surface area contributed by atoms with Gasteiger partial charge < -0.3 is 4.90 Å². The van der Waals surface area contributed by atoms with E-state index in [-0.39, 0.29) is 34.5 Å². The molecule has 2 saturated heterocycles. The molecule has 136 valence electrons. The summed E-state index contributed by atoms with van der Waals surface area (Å²) in [6.45, 7) is 2.49. The van der Waals surface area contributed by atoms with Crippen LogP contribution in [0.5, 0.6) is 0 Å². The molecule has 0 radical (unpaired) electrons. The Labute approximate surface area is 151 Å². The molecule has 0 saturated carbocycles. The SMILES string of the molecule is CCCC(=O)N=C1SC2CS(=O)(=O)CC2N1CCc1ccc(F)cc1. The fraction of sp³-hybridized carbons (Fsp3) is 0.529. The van der Waals surface area contributed by atoms with E-state index in [0.717, 1.165) is 12.0 Å². The molecule has 0 aromatic heterocycles. The van der Waals surface area contributed by atoms with Crippen LogP contribution in [0.1, 0.15) is 25.3 Å². The highest BCUT2D eigenvalue weighted by Crippen LogP contribution is 2.38. The Balaban J connectivity index is 1.77. The molecule has 1 aromatic carbocycles. The van der Waals surface area contributed by atoms with Crippen molar-refractivity contribution in [3.63, 3.8) is 0 Å². The largest absolute Gasteiger partial charge is 0.346 e. The summed E-state index contributed by atoms with van der Waals surface area (Å²) in [5, 5.41) is 0.567. The minimum absolute atomic E-state index is 0.0635. The lowest BCUT2D eigenvalue weighted by molar-refractivity contribution is -0.117. The number of carbonyl (C=O) groups excluding carboxylic acids is 1. The minimum atomic E-state index is -3.04. The summed E-state index contributed by atoms with van der Waals surface area (Å²) in [7, 11) is -3.04. The maximum Gasteiger partial charge on any atom is 0.248 e. The van der Waals surface area contributed by atoms with Crippen LogP contribution in [0.4, 0.5) is 4.39 Å². The quantitative estimate of drug-likeness (QED) is 0.779. The van der Waals surface area contributed by atoms with Crippen molar-refractivity contribution in [2.24, 2.45) is 4.99 Å². The normalized spacial score (nSPS) is 26.2. The predicted octanol–water partition coefficient (Wildman–Crippen LogP) is 2.27. The second-order valence-electron chi connectivity index (χ2n) is 6.41. The Morgan fingerprint density at radius 3 is 2.72 bits per heavy atom. The number of carbonyl (C=O) groups is 1. The van der Waals surface area contributed by atoms with E-state index in [2.05, 4.69) is 4.99 Å². The molecule has 3 rings (SSSR count). The summed E-state index contributed by atoms with van der Waals surface area (Å²) in [4.78, 5) is 18.1. The molecule has 2 unspecified atom stereocenters. The van der Waals surface area contributed by atoms with Gasteiger partial charge in [-0.1, -0.05) is 30.8 Å². The highest BCUT2D eigenvalue weighted by molar-refractivity contribution is 8.15. The maximum atomic E-state index is 13.0. The number of thioether (sulfide) groups is 1. The second-order valence-corrected chi connectivity index (χ2v) is 9.77.